The lowest BCUT2D eigenvalue weighted by atomic mass is 9.80. The predicted molar refractivity (Wildman–Crippen MR) is 77.0 cm³/mol. The van der Waals surface area contributed by atoms with Crippen LogP contribution in [-0.4, -0.2) is 26.2 Å². The monoisotopic (exact) mass is 282 g/mol. The Morgan fingerprint density at radius 2 is 1.85 bits per heavy atom. The van der Waals surface area contributed by atoms with Gasteiger partial charge in [-0.3, -0.25) is 9.59 Å². The molecule has 0 spiro atoms. The molecule has 1 rings (SSSR count). The summed E-state index contributed by atoms with van der Waals surface area (Å²) >= 11 is 0. The minimum atomic E-state index is -0.809. The summed E-state index contributed by atoms with van der Waals surface area (Å²) in [5.74, 6) is -1.59. The van der Waals surface area contributed by atoms with Crippen LogP contribution in [-0.2, 0) is 19.1 Å². The summed E-state index contributed by atoms with van der Waals surface area (Å²) in [5.41, 5.74) is 1.16. The van der Waals surface area contributed by atoms with E-state index in [4.69, 9.17) is 9.47 Å². The summed E-state index contributed by atoms with van der Waals surface area (Å²) < 4.78 is 9.58. The van der Waals surface area contributed by atoms with Gasteiger partial charge in [0, 0.05) is 0 Å². The van der Waals surface area contributed by atoms with Crippen molar-refractivity contribution >= 4 is 11.9 Å². The molecular formula is C16H26O4. The van der Waals surface area contributed by atoms with Crippen LogP contribution in [0.1, 0.15) is 45.4 Å². The lowest BCUT2D eigenvalue weighted by molar-refractivity contribution is -0.162. The molecule has 2 unspecified atom stereocenters. The van der Waals surface area contributed by atoms with E-state index in [0.29, 0.717) is 0 Å². The highest BCUT2D eigenvalue weighted by Gasteiger charge is 2.44. The van der Waals surface area contributed by atoms with E-state index in [1.165, 1.54) is 14.2 Å². The summed E-state index contributed by atoms with van der Waals surface area (Å²) in [5, 5.41) is 0. The molecule has 1 saturated carbocycles. The lowest BCUT2D eigenvalue weighted by Gasteiger charge is -2.25. The van der Waals surface area contributed by atoms with Gasteiger partial charge in [-0.2, -0.15) is 0 Å². The fourth-order valence-electron chi connectivity index (χ4n) is 3.17. The third-order valence-corrected chi connectivity index (χ3v) is 4.30. The van der Waals surface area contributed by atoms with Gasteiger partial charge in [-0.25, -0.2) is 0 Å². The van der Waals surface area contributed by atoms with Gasteiger partial charge in [-0.15, -0.1) is 0 Å². The van der Waals surface area contributed by atoms with E-state index in [0.717, 1.165) is 44.1 Å². The highest BCUT2D eigenvalue weighted by molar-refractivity contribution is 5.95. The molecule has 0 aromatic carbocycles. The highest BCUT2D eigenvalue weighted by Crippen LogP contribution is 2.43. The number of ether oxygens (including phenoxy) is 2. The van der Waals surface area contributed by atoms with Crippen molar-refractivity contribution in [1.29, 1.82) is 0 Å². The second kappa shape index (κ2) is 8.08. The second-order valence-corrected chi connectivity index (χ2v) is 5.49. The number of carbonyl (C=O) groups is 2. The summed E-state index contributed by atoms with van der Waals surface area (Å²) in [7, 11) is 2.63. The fraction of sp³-hybridized carbons (Fsp3) is 0.750. The third kappa shape index (κ3) is 3.84. The first-order valence-electron chi connectivity index (χ1n) is 7.40. The Labute approximate surface area is 121 Å². The van der Waals surface area contributed by atoms with Crippen LogP contribution in [0.15, 0.2) is 12.2 Å². The van der Waals surface area contributed by atoms with Crippen molar-refractivity contribution in [3.8, 4) is 0 Å². The van der Waals surface area contributed by atoms with Crippen LogP contribution >= 0.6 is 0 Å². The first-order valence-corrected chi connectivity index (χ1v) is 7.40. The van der Waals surface area contributed by atoms with Crippen LogP contribution in [0.5, 0.6) is 0 Å². The second-order valence-electron chi connectivity index (χ2n) is 5.49. The number of methoxy groups -OCH3 is 2. The highest BCUT2D eigenvalue weighted by atomic mass is 16.5. The largest absolute Gasteiger partial charge is 0.468 e. The van der Waals surface area contributed by atoms with Crippen molar-refractivity contribution in [2.75, 3.05) is 14.2 Å². The summed E-state index contributed by atoms with van der Waals surface area (Å²) in [6.07, 6.45) is 6.10. The molecule has 0 bridgehead atoms. The van der Waals surface area contributed by atoms with E-state index in [1.54, 1.807) is 0 Å². The number of esters is 2. The molecule has 1 aliphatic carbocycles. The number of unbranched alkanes of at least 4 members (excludes halogenated alkanes) is 2. The zero-order valence-corrected chi connectivity index (χ0v) is 12.8. The number of carbonyl (C=O) groups excluding carboxylic acids is 2. The van der Waals surface area contributed by atoms with Gasteiger partial charge >= 0.3 is 11.9 Å². The topological polar surface area (TPSA) is 52.6 Å². The van der Waals surface area contributed by atoms with E-state index in [2.05, 4.69) is 13.5 Å². The SMILES string of the molecule is C=C1CCC(C(C(=O)OC)C(=O)OC)C1CCCCC. The zero-order valence-electron chi connectivity index (χ0n) is 12.8. The van der Waals surface area contributed by atoms with E-state index < -0.39 is 17.9 Å². The molecule has 1 fully saturated rings. The van der Waals surface area contributed by atoms with Gasteiger partial charge in [0.2, 0.25) is 0 Å². The van der Waals surface area contributed by atoms with E-state index in [9.17, 15) is 9.59 Å². The molecule has 0 radical (unpaired) electrons. The molecule has 0 aromatic heterocycles. The quantitative estimate of drug-likeness (QED) is 0.311. The van der Waals surface area contributed by atoms with Crippen LogP contribution < -0.4 is 0 Å². The van der Waals surface area contributed by atoms with Crippen molar-refractivity contribution in [2.45, 2.75) is 45.4 Å². The molecule has 0 amide bonds. The Hall–Kier alpha value is -1.32. The van der Waals surface area contributed by atoms with Crippen molar-refractivity contribution in [3.63, 3.8) is 0 Å². The molecule has 2 atom stereocenters. The molecule has 20 heavy (non-hydrogen) atoms. The van der Waals surface area contributed by atoms with E-state index in [-0.39, 0.29) is 11.8 Å². The van der Waals surface area contributed by atoms with Crippen LogP contribution in [0.4, 0.5) is 0 Å². The van der Waals surface area contributed by atoms with E-state index in [1.807, 2.05) is 0 Å². The first kappa shape index (κ1) is 16.7. The molecule has 1 aliphatic rings. The average molecular weight is 282 g/mol. The minimum absolute atomic E-state index is 0.0285. The third-order valence-electron chi connectivity index (χ3n) is 4.30. The Morgan fingerprint density at radius 1 is 1.25 bits per heavy atom. The molecule has 0 saturated heterocycles. The zero-order chi connectivity index (χ0) is 15.1. The number of allylic oxidation sites excluding steroid dienone is 1. The standard InChI is InChI=1S/C16H26O4/c1-5-6-7-8-12-11(2)9-10-13(12)14(15(17)19-3)16(18)20-4/h12-14H,2,5-10H2,1,3-4H3. The lowest BCUT2D eigenvalue weighted by Crippen LogP contribution is -2.35. The van der Waals surface area contributed by atoms with Gasteiger partial charge in [0.05, 0.1) is 14.2 Å². The number of hydrogen-bond acceptors (Lipinski definition) is 4. The van der Waals surface area contributed by atoms with Crippen molar-refractivity contribution in [2.24, 2.45) is 17.8 Å². The summed E-state index contributed by atoms with van der Waals surface area (Å²) in [6, 6.07) is 0. The van der Waals surface area contributed by atoms with Gasteiger partial charge in [-0.05, 0) is 31.1 Å². The fourth-order valence-corrected chi connectivity index (χ4v) is 3.17. The Bertz CT molecular complexity index is 345. The molecule has 0 aromatic rings. The van der Waals surface area contributed by atoms with Crippen molar-refractivity contribution < 1.29 is 19.1 Å². The Morgan fingerprint density at radius 3 is 2.35 bits per heavy atom. The Balaban J connectivity index is 2.84. The summed E-state index contributed by atoms with van der Waals surface area (Å²) in [6.45, 7) is 6.27. The average Bonchev–Trinajstić information content (AvgIpc) is 2.80. The maximum atomic E-state index is 11.9. The van der Waals surface area contributed by atoms with Gasteiger partial charge in [0.1, 0.15) is 0 Å². The van der Waals surface area contributed by atoms with Crippen molar-refractivity contribution in [3.05, 3.63) is 12.2 Å². The van der Waals surface area contributed by atoms with Gasteiger partial charge < -0.3 is 9.47 Å². The summed E-state index contributed by atoms with van der Waals surface area (Å²) in [4.78, 5) is 23.9. The minimum Gasteiger partial charge on any atom is -0.468 e. The normalized spacial score (nSPS) is 22.1. The van der Waals surface area contributed by atoms with Gasteiger partial charge in [-0.1, -0.05) is 38.3 Å². The molecule has 114 valence electrons. The predicted octanol–water partition coefficient (Wildman–Crippen LogP) is 3.11. The molecule has 0 heterocycles. The Kier molecular flexibility index (Phi) is 6.76. The maximum absolute atomic E-state index is 11.9. The molecule has 4 nitrogen and oxygen atoms in total. The number of hydrogen-bond donors (Lipinski definition) is 0. The molecule has 0 aliphatic heterocycles. The smallest absolute Gasteiger partial charge is 0.320 e. The van der Waals surface area contributed by atoms with Crippen molar-refractivity contribution in [1.82, 2.24) is 0 Å². The maximum Gasteiger partial charge on any atom is 0.320 e. The van der Waals surface area contributed by atoms with Crippen LogP contribution in [0, 0.1) is 17.8 Å². The molecule has 4 heteroatoms. The van der Waals surface area contributed by atoms with Gasteiger partial charge in [0.25, 0.3) is 0 Å². The van der Waals surface area contributed by atoms with Crippen LogP contribution in [0.2, 0.25) is 0 Å². The molecule has 0 N–H and O–H groups in total. The first-order chi connectivity index (χ1) is 9.56. The van der Waals surface area contributed by atoms with E-state index >= 15 is 0 Å². The van der Waals surface area contributed by atoms with Gasteiger partial charge in [0.15, 0.2) is 5.92 Å². The van der Waals surface area contributed by atoms with Crippen LogP contribution in [0.25, 0.3) is 0 Å². The number of rotatable bonds is 7. The van der Waals surface area contributed by atoms with Crippen LogP contribution in [0.3, 0.4) is 0 Å². The molecular weight excluding hydrogens is 256 g/mol.